The molecule has 0 aromatic heterocycles. The largest absolute Gasteiger partial charge is 0.409 e. The van der Waals surface area contributed by atoms with Crippen LogP contribution >= 0.6 is 0 Å². The van der Waals surface area contributed by atoms with Gasteiger partial charge in [0.25, 0.3) is 0 Å². The van der Waals surface area contributed by atoms with Gasteiger partial charge < -0.3 is 10.9 Å². The fourth-order valence-electron chi connectivity index (χ4n) is 1.18. The van der Waals surface area contributed by atoms with Gasteiger partial charge in [-0.25, -0.2) is 0 Å². The number of amidine groups is 1. The van der Waals surface area contributed by atoms with E-state index in [-0.39, 0.29) is 5.84 Å². The molecule has 0 aliphatic rings. The van der Waals surface area contributed by atoms with Crippen molar-refractivity contribution in [3.63, 3.8) is 0 Å². The van der Waals surface area contributed by atoms with Gasteiger partial charge in [0.1, 0.15) is 0 Å². The van der Waals surface area contributed by atoms with Crippen molar-refractivity contribution in [2.24, 2.45) is 16.8 Å². The molecule has 0 heterocycles. The summed E-state index contributed by atoms with van der Waals surface area (Å²) in [6, 6.07) is 0.425. The Morgan fingerprint density at radius 2 is 1.93 bits per heavy atom. The minimum atomic E-state index is 0.280. The quantitative estimate of drug-likeness (QED) is 0.296. The van der Waals surface area contributed by atoms with Gasteiger partial charge in [0.05, 0.1) is 6.54 Å². The Morgan fingerprint density at radius 3 is 2.29 bits per heavy atom. The predicted molar refractivity (Wildman–Crippen MR) is 59.6 cm³/mol. The van der Waals surface area contributed by atoms with E-state index >= 15 is 0 Å². The molecule has 0 unspecified atom stereocenters. The maximum Gasteiger partial charge on any atom is 0.153 e. The molecule has 4 heteroatoms. The van der Waals surface area contributed by atoms with Gasteiger partial charge in [0, 0.05) is 6.04 Å². The molecule has 0 aliphatic carbocycles. The van der Waals surface area contributed by atoms with Crippen molar-refractivity contribution in [1.29, 1.82) is 0 Å². The van der Waals surface area contributed by atoms with E-state index in [0.29, 0.717) is 18.5 Å². The Morgan fingerprint density at radius 1 is 1.36 bits per heavy atom. The second-order valence-electron chi connectivity index (χ2n) is 4.34. The number of hydrogen-bond donors (Lipinski definition) is 2. The minimum absolute atomic E-state index is 0.280. The Labute approximate surface area is 86.8 Å². The van der Waals surface area contributed by atoms with Gasteiger partial charge in [-0.15, -0.1) is 0 Å². The molecule has 0 radical (unpaired) electrons. The summed E-state index contributed by atoms with van der Waals surface area (Å²) >= 11 is 0. The fourth-order valence-corrected chi connectivity index (χ4v) is 1.18. The van der Waals surface area contributed by atoms with E-state index in [9.17, 15) is 0 Å². The van der Waals surface area contributed by atoms with Crippen LogP contribution in [0.5, 0.6) is 0 Å². The van der Waals surface area contributed by atoms with Crippen LogP contribution in [0.4, 0.5) is 0 Å². The molecule has 0 amide bonds. The van der Waals surface area contributed by atoms with Crippen LogP contribution in [-0.2, 0) is 0 Å². The van der Waals surface area contributed by atoms with E-state index in [0.717, 1.165) is 13.0 Å². The van der Waals surface area contributed by atoms with Crippen LogP contribution in [0.2, 0.25) is 0 Å². The van der Waals surface area contributed by atoms with Crippen LogP contribution in [0, 0.1) is 5.92 Å². The lowest BCUT2D eigenvalue weighted by Gasteiger charge is -2.26. The lowest BCUT2D eigenvalue weighted by Crippen LogP contribution is -2.39. The lowest BCUT2D eigenvalue weighted by molar-refractivity contribution is 0.233. The molecule has 0 bridgehead atoms. The number of nitrogens with zero attached hydrogens (tertiary/aromatic N) is 2. The van der Waals surface area contributed by atoms with Crippen LogP contribution in [-0.4, -0.2) is 35.1 Å². The number of rotatable bonds is 6. The Kier molecular flexibility index (Phi) is 6.28. The Hall–Kier alpha value is -0.770. The topological polar surface area (TPSA) is 61.8 Å². The highest BCUT2D eigenvalue weighted by Gasteiger charge is 2.11. The zero-order chi connectivity index (χ0) is 11.1. The van der Waals surface area contributed by atoms with Crippen molar-refractivity contribution in [1.82, 2.24) is 4.90 Å². The van der Waals surface area contributed by atoms with Crippen molar-refractivity contribution < 1.29 is 5.21 Å². The zero-order valence-corrected chi connectivity index (χ0v) is 9.70. The molecular weight excluding hydrogens is 178 g/mol. The molecule has 0 saturated heterocycles. The summed E-state index contributed by atoms with van der Waals surface area (Å²) in [5.41, 5.74) is 5.48. The molecule has 0 aromatic carbocycles. The zero-order valence-electron chi connectivity index (χ0n) is 9.70. The first-order valence-electron chi connectivity index (χ1n) is 5.17. The highest BCUT2D eigenvalue weighted by atomic mass is 16.4. The summed E-state index contributed by atoms with van der Waals surface area (Å²) in [6.45, 7) is 10.2. The summed E-state index contributed by atoms with van der Waals surface area (Å²) in [5.74, 6) is 0.964. The van der Waals surface area contributed by atoms with Crippen LogP contribution in [0.25, 0.3) is 0 Å². The van der Waals surface area contributed by atoms with Crippen LogP contribution in [0.1, 0.15) is 34.1 Å². The first-order chi connectivity index (χ1) is 6.47. The molecule has 0 fully saturated rings. The fraction of sp³-hybridized carbons (Fsp3) is 0.900. The van der Waals surface area contributed by atoms with Gasteiger partial charge in [0.2, 0.25) is 0 Å². The lowest BCUT2D eigenvalue weighted by atomic mass is 10.1. The van der Waals surface area contributed by atoms with Gasteiger partial charge in [-0.3, -0.25) is 4.90 Å². The monoisotopic (exact) mass is 201 g/mol. The Balaban J connectivity index is 4.03. The summed E-state index contributed by atoms with van der Waals surface area (Å²) < 4.78 is 0. The maximum absolute atomic E-state index is 8.48. The minimum Gasteiger partial charge on any atom is -0.409 e. The van der Waals surface area contributed by atoms with Crippen molar-refractivity contribution in [2.75, 3.05) is 13.1 Å². The van der Waals surface area contributed by atoms with E-state index in [2.05, 4.69) is 37.8 Å². The molecule has 84 valence electrons. The standard InChI is InChI=1S/C10H23N3O/c1-8(2)5-6-13(9(3)4)7-10(11)12-14/h8-9,14H,5-7H2,1-4H3,(H2,11,12). The molecule has 3 N–H and O–H groups in total. The summed E-state index contributed by atoms with van der Waals surface area (Å²) in [4.78, 5) is 2.20. The number of hydrogen-bond acceptors (Lipinski definition) is 3. The van der Waals surface area contributed by atoms with E-state index in [4.69, 9.17) is 10.9 Å². The van der Waals surface area contributed by atoms with Crippen LogP contribution < -0.4 is 5.73 Å². The molecule has 0 saturated carbocycles. The van der Waals surface area contributed by atoms with E-state index in [1.165, 1.54) is 0 Å². The second-order valence-corrected chi connectivity index (χ2v) is 4.34. The summed E-state index contributed by atoms with van der Waals surface area (Å²) in [6.07, 6.45) is 1.14. The van der Waals surface area contributed by atoms with Crippen molar-refractivity contribution in [3.8, 4) is 0 Å². The normalized spacial score (nSPS) is 13.2. The van der Waals surface area contributed by atoms with Gasteiger partial charge >= 0.3 is 0 Å². The first kappa shape index (κ1) is 13.2. The van der Waals surface area contributed by atoms with E-state index < -0.39 is 0 Å². The average Bonchev–Trinajstić information content (AvgIpc) is 2.10. The highest BCUT2D eigenvalue weighted by molar-refractivity contribution is 5.81. The molecule has 0 aliphatic heterocycles. The second kappa shape index (κ2) is 6.65. The number of nitrogens with two attached hydrogens (primary N) is 1. The smallest absolute Gasteiger partial charge is 0.153 e. The summed E-state index contributed by atoms with van der Waals surface area (Å²) in [5, 5.41) is 11.5. The molecule has 0 atom stereocenters. The first-order valence-corrected chi connectivity index (χ1v) is 5.17. The Bertz CT molecular complexity index is 178. The average molecular weight is 201 g/mol. The van der Waals surface area contributed by atoms with Gasteiger partial charge in [-0.1, -0.05) is 19.0 Å². The van der Waals surface area contributed by atoms with Crippen molar-refractivity contribution >= 4 is 5.84 Å². The third-order valence-electron chi connectivity index (χ3n) is 2.22. The van der Waals surface area contributed by atoms with Crippen LogP contribution in [0.3, 0.4) is 0 Å². The molecule has 0 spiro atoms. The van der Waals surface area contributed by atoms with Crippen molar-refractivity contribution in [2.45, 2.75) is 40.2 Å². The van der Waals surface area contributed by atoms with E-state index in [1.807, 2.05) is 0 Å². The predicted octanol–water partition coefficient (Wildman–Crippen LogP) is 1.49. The van der Waals surface area contributed by atoms with Gasteiger partial charge in [0.15, 0.2) is 5.84 Å². The third kappa shape index (κ3) is 5.80. The molecular formula is C10H23N3O. The van der Waals surface area contributed by atoms with Crippen molar-refractivity contribution in [3.05, 3.63) is 0 Å². The summed E-state index contributed by atoms with van der Waals surface area (Å²) in [7, 11) is 0. The highest BCUT2D eigenvalue weighted by Crippen LogP contribution is 2.05. The number of oxime groups is 1. The van der Waals surface area contributed by atoms with E-state index in [1.54, 1.807) is 0 Å². The molecule has 14 heavy (non-hydrogen) atoms. The molecule has 0 aromatic rings. The molecule has 4 nitrogen and oxygen atoms in total. The SMILES string of the molecule is CC(C)CCN(CC(N)=NO)C(C)C. The van der Waals surface area contributed by atoms with Gasteiger partial charge in [-0.05, 0) is 32.7 Å². The third-order valence-corrected chi connectivity index (χ3v) is 2.22. The molecule has 0 rings (SSSR count). The van der Waals surface area contributed by atoms with Gasteiger partial charge in [-0.2, -0.15) is 0 Å². The van der Waals surface area contributed by atoms with Crippen LogP contribution in [0.15, 0.2) is 5.16 Å². The maximum atomic E-state index is 8.48.